The molecule has 1 fully saturated rings. The summed E-state index contributed by atoms with van der Waals surface area (Å²) in [5, 5.41) is 3.84. The molecule has 27 heavy (non-hydrogen) atoms. The van der Waals surface area contributed by atoms with Gasteiger partial charge in [0, 0.05) is 0 Å². The Hall–Kier alpha value is -2.62. The number of terminal acetylenes is 1. The number of likely N-dealkylation sites (tertiary alicyclic amines) is 1. The maximum absolute atomic E-state index is 12.6. The van der Waals surface area contributed by atoms with Crippen LogP contribution >= 0.6 is 11.3 Å². The molecule has 1 aliphatic heterocycles. The monoisotopic (exact) mass is 379 g/mol. The van der Waals surface area contributed by atoms with Crippen LogP contribution in [0.3, 0.4) is 0 Å². The Labute approximate surface area is 162 Å². The van der Waals surface area contributed by atoms with E-state index in [1.807, 2.05) is 36.4 Å². The molecule has 3 aromatic rings. The molecule has 0 saturated carbocycles. The van der Waals surface area contributed by atoms with Gasteiger partial charge in [-0.15, -0.1) is 17.8 Å². The number of fused-ring (bicyclic) bond motifs is 1. The summed E-state index contributed by atoms with van der Waals surface area (Å²) in [4.78, 5) is 19.3. The third-order valence-corrected chi connectivity index (χ3v) is 5.86. The molecular weight excluding hydrogens is 358 g/mol. The molecule has 6 heteroatoms. The number of nitrogens with one attached hydrogen (secondary N) is 1. The van der Waals surface area contributed by atoms with Gasteiger partial charge in [0.05, 0.1) is 29.3 Å². The number of furan rings is 1. The lowest BCUT2D eigenvalue weighted by atomic mass is 10.0. The van der Waals surface area contributed by atoms with E-state index in [2.05, 4.69) is 21.1 Å². The van der Waals surface area contributed by atoms with Crippen molar-refractivity contribution in [1.82, 2.24) is 15.2 Å². The maximum Gasteiger partial charge on any atom is 0.237 e. The topological polar surface area (TPSA) is 58.4 Å². The fraction of sp³-hybridized carbons (Fsp3) is 0.333. The summed E-state index contributed by atoms with van der Waals surface area (Å²) in [5.41, 5.74) is 0.967. The largest absolute Gasteiger partial charge is 0.457 e. The van der Waals surface area contributed by atoms with E-state index in [4.69, 9.17) is 10.8 Å². The molecule has 138 valence electrons. The average Bonchev–Trinajstić information content (AvgIpc) is 3.33. The maximum atomic E-state index is 12.6. The SMILES string of the molecule is C#CCN1CCCCC1C(=O)NCc1ccc(-c2nc3ccccc3s2)o1. The predicted molar refractivity (Wildman–Crippen MR) is 107 cm³/mol. The average molecular weight is 379 g/mol. The summed E-state index contributed by atoms with van der Waals surface area (Å²) < 4.78 is 7.03. The highest BCUT2D eigenvalue weighted by Gasteiger charge is 2.27. The summed E-state index contributed by atoms with van der Waals surface area (Å²) in [6.07, 6.45) is 8.43. The summed E-state index contributed by atoms with van der Waals surface area (Å²) in [6.45, 7) is 1.76. The minimum absolute atomic E-state index is 0.0166. The lowest BCUT2D eigenvalue weighted by Gasteiger charge is -2.33. The van der Waals surface area contributed by atoms with Gasteiger partial charge < -0.3 is 9.73 Å². The molecule has 5 nitrogen and oxygen atoms in total. The van der Waals surface area contributed by atoms with Crippen molar-refractivity contribution in [2.75, 3.05) is 13.1 Å². The molecule has 1 amide bonds. The van der Waals surface area contributed by atoms with Crippen LogP contribution in [-0.2, 0) is 11.3 Å². The van der Waals surface area contributed by atoms with E-state index >= 15 is 0 Å². The van der Waals surface area contributed by atoms with Gasteiger partial charge in [0.15, 0.2) is 10.8 Å². The molecule has 0 bridgehead atoms. The number of piperidine rings is 1. The molecule has 1 unspecified atom stereocenters. The van der Waals surface area contributed by atoms with Crippen molar-refractivity contribution in [3.63, 3.8) is 0 Å². The Morgan fingerprint density at radius 3 is 3.07 bits per heavy atom. The summed E-state index contributed by atoms with van der Waals surface area (Å²) in [6, 6.07) is 11.7. The van der Waals surface area contributed by atoms with Gasteiger partial charge in [-0.3, -0.25) is 9.69 Å². The van der Waals surface area contributed by atoms with Gasteiger partial charge in [0.1, 0.15) is 5.76 Å². The van der Waals surface area contributed by atoms with Crippen molar-refractivity contribution in [2.24, 2.45) is 0 Å². The van der Waals surface area contributed by atoms with Gasteiger partial charge in [0.25, 0.3) is 0 Å². The summed E-state index contributed by atoms with van der Waals surface area (Å²) in [7, 11) is 0. The zero-order chi connectivity index (χ0) is 18.6. The minimum Gasteiger partial charge on any atom is -0.457 e. The van der Waals surface area contributed by atoms with Crippen LogP contribution in [0.4, 0.5) is 0 Å². The standard InChI is InChI=1S/C21H21N3O2S/c1-2-12-24-13-6-5-8-17(24)20(25)22-14-15-10-11-18(26-15)21-23-16-7-3-4-9-19(16)27-21/h1,3-4,7,9-11,17H,5-6,8,12-14H2,(H,22,25). The molecule has 1 aromatic carbocycles. The number of hydrogen-bond acceptors (Lipinski definition) is 5. The molecule has 0 radical (unpaired) electrons. The number of benzene rings is 1. The van der Waals surface area contributed by atoms with E-state index in [1.54, 1.807) is 11.3 Å². The van der Waals surface area contributed by atoms with E-state index in [0.29, 0.717) is 13.1 Å². The van der Waals surface area contributed by atoms with Gasteiger partial charge in [-0.25, -0.2) is 4.98 Å². The second-order valence-electron chi connectivity index (χ2n) is 6.66. The number of carbonyl (C=O) groups excluding carboxylic acids is 1. The fourth-order valence-electron chi connectivity index (χ4n) is 3.45. The van der Waals surface area contributed by atoms with Crippen molar-refractivity contribution >= 4 is 27.5 Å². The highest BCUT2D eigenvalue weighted by Crippen LogP contribution is 2.31. The van der Waals surface area contributed by atoms with Crippen LogP contribution in [0, 0.1) is 12.3 Å². The van der Waals surface area contributed by atoms with Crippen molar-refractivity contribution in [3.05, 3.63) is 42.2 Å². The zero-order valence-electron chi connectivity index (χ0n) is 15.0. The van der Waals surface area contributed by atoms with Crippen molar-refractivity contribution in [3.8, 4) is 23.1 Å². The number of carbonyl (C=O) groups is 1. The van der Waals surface area contributed by atoms with Crippen LogP contribution in [0.15, 0.2) is 40.8 Å². The first-order valence-corrected chi connectivity index (χ1v) is 9.96. The second-order valence-corrected chi connectivity index (χ2v) is 7.69. The first kappa shape index (κ1) is 17.8. The van der Waals surface area contributed by atoms with Gasteiger partial charge in [-0.05, 0) is 43.7 Å². The fourth-order valence-corrected chi connectivity index (χ4v) is 4.38. The highest BCUT2D eigenvalue weighted by molar-refractivity contribution is 7.21. The Morgan fingerprint density at radius 1 is 1.33 bits per heavy atom. The quantitative estimate of drug-likeness (QED) is 0.688. The molecule has 4 rings (SSSR count). The molecule has 1 saturated heterocycles. The van der Waals surface area contributed by atoms with E-state index in [0.717, 1.165) is 52.6 Å². The number of aromatic nitrogens is 1. The number of thiazole rings is 1. The van der Waals surface area contributed by atoms with Crippen molar-refractivity contribution in [2.45, 2.75) is 31.8 Å². The number of para-hydroxylation sites is 1. The first-order chi connectivity index (χ1) is 13.2. The van der Waals surface area contributed by atoms with Crippen LogP contribution in [0.25, 0.3) is 21.0 Å². The number of amides is 1. The van der Waals surface area contributed by atoms with E-state index < -0.39 is 0 Å². The zero-order valence-corrected chi connectivity index (χ0v) is 15.8. The van der Waals surface area contributed by atoms with Crippen LogP contribution < -0.4 is 5.32 Å². The Morgan fingerprint density at radius 2 is 2.22 bits per heavy atom. The Balaban J connectivity index is 1.40. The predicted octanol–water partition coefficient (Wildman–Crippen LogP) is 3.66. The van der Waals surface area contributed by atoms with Crippen molar-refractivity contribution in [1.29, 1.82) is 0 Å². The first-order valence-electron chi connectivity index (χ1n) is 9.14. The van der Waals surface area contributed by atoms with Gasteiger partial charge >= 0.3 is 0 Å². The summed E-state index contributed by atoms with van der Waals surface area (Å²) in [5.74, 6) is 4.11. The lowest BCUT2D eigenvalue weighted by Crippen LogP contribution is -2.49. The van der Waals surface area contributed by atoms with Crippen LogP contribution in [-0.4, -0.2) is 34.9 Å². The molecule has 1 atom stereocenters. The van der Waals surface area contributed by atoms with Gasteiger partial charge in [0.2, 0.25) is 5.91 Å². The normalized spacial score (nSPS) is 17.7. The van der Waals surface area contributed by atoms with Crippen LogP contribution in [0.2, 0.25) is 0 Å². The second kappa shape index (κ2) is 7.95. The smallest absolute Gasteiger partial charge is 0.237 e. The Bertz CT molecular complexity index is 952. The molecular formula is C21H21N3O2S. The van der Waals surface area contributed by atoms with Crippen molar-refractivity contribution < 1.29 is 9.21 Å². The molecule has 1 aliphatic rings. The molecule has 0 spiro atoms. The minimum atomic E-state index is -0.145. The highest BCUT2D eigenvalue weighted by atomic mass is 32.1. The Kier molecular flexibility index (Phi) is 5.23. The summed E-state index contributed by atoms with van der Waals surface area (Å²) >= 11 is 1.60. The number of rotatable bonds is 5. The number of nitrogens with zero attached hydrogens (tertiary/aromatic N) is 2. The molecule has 0 aliphatic carbocycles. The van der Waals surface area contributed by atoms with Crippen LogP contribution in [0.5, 0.6) is 0 Å². The molecule has 3 heterocycles. The molecule has 1 N–H and O–H groups in total. The van der Waals surface area contributed by atoms with Crippen LogP contribution in [0.1, 0.15) is 25.0 Å². The van der Waals surface area contributed by atoms with E-state index in [9.17, 15) is 4.79 Å². The third-order valence-electron chi connectivity index (χ3n) is 4.81. The van der Waals surface area contributed by atoms with Gasteiger partial charge in [-0.1, -0.05) is 24.5 Å². The van der Waals surface area contributed by atoms with E-state index in [1.165, 1.54) is 0 Å². The third kappa shape index (κ3) is 3.90. The molecule has 2 aromatic heterocycles. The number of hydrogen-bond donors (Lipinski definition) is 1. The van der Waals surface area contributed by atoms with E-state index in [-0.39, 0.29) is 11.9 Å². The van der Waals surface area contributed by atoms with Gasteiger partial charge in [-0.2, -0.15) is 0 Å². The lowest BCUT2D eigenvalue weighted by molar-refractivity contribution is -0.127.